The Morgan fingerprint density at radius 3 is 2.52 bits per heavy atom. The molecule has 1 aromatic rings. The van der Waals surface area contributed by atoms with Gasteiger partial charge in [0.1, 0.15) is 5.60 Å². The number of nitrogens with zero attached hydrogens (tertiary/aromatic N) is 2. The summed E-state index contributed by atoms with van der Waals surface area (Å²) in [6.07, 6.45) is 3.03. The predicted molar refractivity (Wildman–Crippen MR) is 91.5 cm³/mol. The molecule has 23 heavy (non-hydrogen) atoms. The highest BCUT2D eigenvalue weighted by Gasteiger charge is 2.20. The van der Waals surface area contributed by atoms with Gasteiger partial charge in [0, 0.05) is 36.9 Å². The van der Waals surface area contributed by atoms with Gasteiger partial charge in [-0.25, -0.2) is 4.79 Å². The molecule has 0 aliphatic heterocycles. The molecule has 0 spiro atoms. The number of carbonyl (C=O) groups excluding carboxylic acids is 2. The molecule has 1 N–H and O–H groups in total. The van der Waals surface area contributed by atoms with Crippen LogP contribution in [0.3, 0.4) is 0 Å². The first-order valence-corrected chi connectivity index (χ1v) is 8.58. The maximum atomic E-state index is 12.0. The molecule has 0 fully saturated rings. The van der Waals surface area contributed by atoms with Crippen LogP contribution in [0.4, 0.5) is 4.79 Å². The summed E-state index contributed by atoms with van der Waals surface area (Å²) >= 11 is 1.45. The van der Waals surface area contributed by atoms with Crippen LogP contribution in [0.25, 0.3) is 0 Å². The fourth-order valence-electron chi connectivity index (χ4n) is 1.67. The highest BCUT2D eigenvalue weighted by molar-refractivity contribution is 8.00. The van der Waals surface area contributed by atoms with Crippen LogP contribution in [0.1, 0.15) is 27.7 Å². The van der Waals surface area contributed by atoms with E-state index in [9.17, 15) is 9.59 Å². The van der Waals surface area contributed by atoms with Crippen molar-refractivity contribution in [3.63, 3.8) is 0 Å². The Hall–Kier alpha value is -1.76. The van der Waals surface area contributed by atoms with E-state index in [1.807, 2.05) is 39.8 Å². The van der Waals surface area contributed by atoms with E-state index in [0.29, 0.717) is 25.4 Å². The zero-order valence-electron chi connectivity index (χ0n) is 14.2. The lowest BCUT2D eigenvalue weighted by Gasteiger charge is -2.26. The predicted octanol–water partition coefficient (Wildman–Crippen LogP) is 2.55. The molecule has 0 aliphatic rings. The third-order valence-electron chi connectivity index (χ3n) is 2.76. The Bertz CT molecular complexity index is 503. The molecule has 0 radical (unpaired) electrons. The highest BCUT2D eigenvalue weighted by atomic mass is 32.2. The smallest absolute Gasteiger partial charge is 0.410 e. The lowest BCUT2D eigenvalue weighted by molar-refractivity contribution is -0.118. The van der Waals surface area contributed by atoms with Crippen LogP contribution in [-0.2, 0) is 9.53 Å². The number of carbonyl (C=O) groups is 2. The summed E-state index contributed by atoms with van der Waals surface area (Å²) < 4.78 is 5.32. The normalized spacial score (nSPS) is 11.0. The third kappa shape index (κ3) is 8.44. The van der Waals surface area contributed by atoms with Crippen molar-refractivity contribution in [3.05, 3.63) is 24.5 Å². The standard InChI is InChI=1S/C16H25N3O3S/c1-5-19(15(21)22-16(2,3)4)11-10-18-14(20)12-23-13-6-8-17-9-7-13/h6-9H,5,10-12H2,1-4H3,(H,18,20). The topological polar surface area (TPSA) is 71.5 Å². The minimum Gasteiger partial charge on any atom is -0.444 e. The molecular weight excluding hydrogens is 314 g/mol. The van der Waals surface area contributed by atoms with Crippen molar-refractivity contribution < 1.29 is 14.3 Å². The minimum atomic E-state index is -0.519. The Labute approximate surface area is 142 Å². The molecule has 0 aliphatic carbocycles. The Morgan fingerprint density at radius 1 is 1.30 bits per heavy atom. The van der Waals surface area contributed by atoms with Gasteiger partial charge in [0.2, 0.25) is 5.91 Å². The molecule has 0 atom stereocenters. The second-order valence-corrected chi connectivity index (χ2v) is 6.93. The average Bonchev–Trinajstić information content (AvgIpc) is 2.48. The van der Waals surface area contributed by atoms with E-state index in [4.69, 9.17) is 4.74 Å². The van der Waals surface area contributed by atoms with Crippen molar-refractivity contribution in [3.8, 4) is 0 Å². The maximum absolute atomic E-state index is 12.0. The summed E-state index contributed by atoms with van der Waals surface area (Å²) in [6, 6.07) is 3.72. The Morgan fingerprint density at radius 2 is 1.96 bits per heavy atom. The molecule has 0 aromatic carbocycles. The first kappa shape index (κ1) is 19.3. The second kappa shape index (κ2) is 9.39. The monoisotopic (exact) mass is 339 g/mol. The summed E-state index contributed by atoms with van der Waals surface area (Å²) in [4.78, 5) is 30.3. The van der Waals surface area contributed by atoms with Crippen molar-refractivity contribution in [1.82, 2.24) is 15.2 Å². The SMILES string of the molecule is CCN(CCNC(=O)CSc1ccncc1)C(=O)OC(C)(C)C. The molecular formula is C16H25N3O3S. The molecule has 1 aromatic heterocycles. The Kier molecular flexibility index (Phi) is 7.88. The van der Waals surface area contributed by atoms with E-state index in [0.717, 1.165) is 4.90 Å². The second-order valence-electron chi connectivity index (χ2n) is 5.88. The maximum Gasteiger partial charge on any atom is 0.410 e. The van der Waals surface area contributed by atoms with Gasteiger partial charge in [0.25, 0.3) is 0 Å². The molecule has 128 valence electrons. The number of aromatic nitrogens is 1. The number of thioether (sulfide) groups is 1. The van der Waals surface area contributed by atoms with Gasteiger partial charge in [-0.3, -0.25) is 9.78 Å². The molecule has 1 heterocycles. The first-order valence-electron chi connectivity index (χ1n) is 7.59. The zero-order chi connectivity index (χ0) is 17.3. The van der Waals surface area contributed by atoms with E-state index < -0.39 is 5.60 Å². The molecule has 0 saturated carbocycles. The van der Waals surface area contributed by atoms with Crippen molar-refractivity contribution in [2.24, 2.45) is 0 Å². The first-order chi connectivity index (χ1) is 10.8. The summed E-state index contributed by atoms with van der Waals surface area (Å²) in [7, 11) is 0. The van der Waals surface area contributed by atoms with Crippen LogP contribution >= 0.6 is 11.8 Å². The van der Waals surface area contributed by atoms with Crippen molar-refractivity contribution in [2.45, 2.75) is 38.2 Å². The van der Waals surface area contributed by atoms with Crippen LogP contribution in [0.2, 0.25) is 0 Å². The van der Waals surface area contributed by atoms with Gasteiger partial charge in [-0.1, -0.05) is 0 Å². The van der Waals surface area contributed by atoms with E-state index in [-0.39, 0.29) is 12.0 Å². The largest absolute Gasteiger partial charge is 0.444 e. The summed E-state index contributed by atoms with van der Waals surface area (Å²) in [5.41, 5.74) is -0.519. The van der Waals surface area contributed by atoms with Gasteiger partial charge < -0.3 is 15.0 Å². The van der Waals surface area contributed by atoms with Crippen LogP contribution in [0.5, 0.6) is 0 Å². The third-order valence-corrected chi connectivity index (χ3v) is 3.77. The molecule has 2 amide bonds. The van der Waals surface area contributed by atoms with Crippen LogP contribution in [0, 0.1) is 0 Å². The fraction of sp³-hybridized carbons (Fsp3) is 0.562. The van der Waals surface area contributed by atoms with Gasteiger partial charge >= 0.3 is 6.09 Å². The number of ether oxygens (including phenoxy) is 1. The zero-order valence-corrected chi connectivity index (χ0v) is 15.0. The van der Waals surface area contributed by atoms with Crippen molar-refractivity contribution in [2.75, 3.05) is 25.4 Å². The van der Waals surface area contributed by atoms with Crippen molar-refractivity contribution >= 4 is 23.8 Å². The number of hydrogen-bond donors (Lipinski definition) is 1. The number of rotatable bonds is 7. The number of likely N-dealkylation sites (N-methyl/N-ethyl adjacent to an activating group) is 1. The van der Waals surface area contributed by atoms with Crippen LogP contribution < -0.4 is 5.32 Å². The van der Waals surface area contributed by atoms with Crippen LogP contribution in [0.15, 0.2) is 29.4 Å². The van der Waals surface area contributed by atoms with Gasteiger partial charge in [0.15, 0.2) is 0 Å². The van der Waals surface area contributed by atoms with Crippen LogP contribution in [-0.4, -0.2) is 52.9 Å². The van der Waals surface area contributed by atoms with Crippen molar-refractivity contribution in [1.29, 1.82) is 0 Å². The van der Waals surface area contributed by atoms with E-state index in [1.54, 1.807) is 17.3 Å². The molecule has 0 saturated heterocycles. The average molecular weight is 339 g/mol. The highest BCUT2D eigenvalue weighted by Crippen LogP contribution is 2.15. The number of pyridine rings is 1. The minimum absolute atomic E-state index is 0.0629. The van der Waals surface area contributed by atoms with Gasteiger partial charge in [-0.05, 0) is 39.8 Å². The summed E-state index contributed by atoms with van der Waals surface area (Å²) in [5, 5.41) is 2.81. The number of amides is 2. The molecule has 6 nitrogen and oxygen atoms in total. The van der Waals surface area contributed by atoms with E-state index in [1.165, 1.54) is 11.8 Å². The number of hydrogen-bond acceptors (Lipinski definition) is 5. The lowest BCUT2D eigenvalue weighted by atomic mass is 10.2. The summed E-state index contributed by atoms with van der Waals surface area (Å²) in [5.74, 6) is 0.273. The molecule has 0 bridgehead atoms. The van der Waals surface area contributed by atoms with Gasteiger partial charge in [-0.15, -0.1) is 11.8 Å². The van der Waals surface area contributed by atoms with E-state index >= 15 is 0 Å². The van der Waals surface area contributed by atoms with Gasteiger partial charge in [0.05, 0.1) is 5.75 Å². The lowest BCUT2D eigenvalue weighted by Crippen LogP contribution is -2.41. The molecule has 0 unspecified atom stereocenters. The molecule has 1 rings (SSSR count). The van der Waals surface area contributed by atoms with Gasteiger partial charge in [-0.2, -0.15) is 0 Å². The molecule has 7 heteroatoms. The summed E-state index contributed by atoms with van der Waals surface area (Å²) in [6.45, 7) is 8.74. The number of nitrogens with one attached hydrogen (secondary N) is 1. The van der Waals surface area contributed by atoms with E-state index in [2.05, 4.69) is 10.3 Å². The fourth-order valence-corrected chi connectivity index (χ4v) is 2.38. The Balaban J connectivity index is 2.28. The quantitative estimate of drug-likeness (QED) is 0.773.